The minimum atomic E-state index is -6.68. The van der Waals surface area contributed by atoms with Gasteiger partial charge in [0.15, 0.2) is 0 Å². The van der Waals surface area contributed by atoms with E-state index in [9.17, 15) is 53.5 Å². The second-order valence-corrected chi connectivity index (χ2v) is 3.92. The van der Waals surface area contributed by atoms with Crippen LogP contribution in [0.15, 0.2) is 11.9 Å². The van der Waals surface area contributed by atoms with Crippen molar-refractivity contribution in [1.29, 1.82) is 0 Å². The third-order valence-corrected chi connectivity index (χ3v) is 2.38. The first-order chi connectivity index (χ1) is 11.0. The maximum Gasteiger partial charge on any atom is 0.417 e. The van der Waals surface area contributed by atoms with Crippen molar-refractivity contribution in [3.63, 3.8) is 0 Å². The Bertz CT molecular complexity index is 540. The van der Waals surface area contributed by atoms with Crippen LogP contribution in [0.4, 0.5) is 43.9 Å². The predicted molar refractivity (Wildman–Crippen MR) is 54.1 cm³/mol. The SMILES string of the molecule is COC(=O)C(F)(F)C(F)(OC(F)(F)C(F)=C(F)F)C(F)(F)C(=O)OC. The van der Waals surface area contributed by atoms with E-state index in [2.05, 4.69) is 14.2 Å². The number of hydrogen-bond donors (Lipinski definition) is 0. The minimum Gasteiger partial charge on any atom is -0.464 e. The Balaban J connectivity index is 6.54. The first-order valence-corrected chi connectivity index (χ1v) is 5.43. The highest BCUT2D eigenvalue weighted by Gasteiger charge is 2.81. The Morgan fingerprint density at radius 1 is 0.720 bits per heavy atom. The highest BCUT2D eigenvalue weighted by molar-refractivity contribution is 5.84. The molecule has 0 saturated carbocycles. The summed E-state index contributed by atoms with van der Waals surface area (Å²) in [6, 6.07) is 0. The molecule has 5 nitrogen and oxygen atoms in total. The molecular weight excluding hydrogens is 390 g/mol. The molecule has 25 heavy (non-hydrogen) atoms. The fourth-order valence-electron chi connectivity index (χ4n) is 1.18. The van der Waals surface area contributed by atoms with Crippen LogP contribution in [0.2, 0.25) is 0 Å². The highest BCUT2D eigenvalue weighted by atomic mass is 19.3. The molecule has 0 atom stereocenters. The van der Waals surface area contributed by atoms with Gasteiger partial charge in [-0.15, -0.1) is 0 Å². The number of carbonyl (C=O) groups excluding carboxylic acids is 2. The van der Waals surface area contributed by atoms with Gasteiger partial charge < -0.3 is 9.47 Å². The van der Waals surface area contributed by atoms with E-state index in [-0.39, 0.29) is 14.2 Å². The van der Waals surface area contributed by atoms with Crippen molar-refractivity contribution in [2.45, 2.75) is 23.8 Å². The van der Waals surface area contributed by atoms with Crippen molar-refractivity contribution >= 4 is 11.9 Å². The van der Waals surface area contributed by atoms with E-state index in [1.807, 2.05) is 0 Å². The van der Waals surface area contributed by atoms with Gasteiger partial charge in [0.1, 0.15) is 0 Å². The second kappa shape index (κ2) is 7.05. The van der Waals surface area contributed by atoms with Crippen LogP contribution >= 0.6 is 0 Å². The molecule has 0 rings (SSSR count). The summed E-state index contributed by atoms with van der Waals surface area (Å²) in [5.41, 5.74) is 0. The monoisotopic (exact) mass is 396 g/mol. The van der Waals surface area contributed by atoms with E-state index in [1.54, 1.807) is 0 Å². The zero-order valence-corrected chi connectivity index (χ0v) is 11.8. The fraction of sp³-hybridized carbons (Fsp3) is 0.600. The first kappa shape index (κ1) is 22.9. The highest BCUT2D eigenvalue weighted by Crippen LogP contribution is 2.50. The van der Waals surface area contributed by atoms with E-state index < -0.39 is 47.7 Å². The van der Waals surface area contributed by atoms with Gasteiger partial charge in [-0.25, -0.2) is 9.59 Å². The normalized spacial score (nSPS) is 13.3. The average Bonchev–Trinajstić information content (AvgIpc) is 2.50. The molecule has 0 aliphatic heterocycles. The van der Waals surface area contributed by atoms with Crippen molar-refractivity contribution in [3.8, 4) is 0 Å². The molecule has 0 fully saturated rings. The van der Waals surface area contributed by atoms with Crippen LogP contribution in [-0.4, -0.2) is 50.0 Å². The van der Waals surface area contributed by atoms with Gasteiger partial charge in [0.2, 0.25) is 0 Å². The summed E-state index contributed by atoms with van der Waals surface area (Å²) < 4.78 is 139. The minimum absolute atomic E-state index is 0.0623. The van der Waals surface area contributed by atoms with Crippen molar-refractivity contribution in [1.82, 2.24) is 0 Å². The molecule has 0 unspecified atom stereocenters. The maximum absolute atomic E-state index is 14.1. The zero-order chi connectivity index (χ0) is 20.4. The predicted octanol–water partition coefficient (Wildman–Crippen LogP) is 2.96. The smallest absolute Gasteiger partial charge is 0.417 e. The topological polar surface area (TPSA) is 61.8 Å². The van der Waals surface area contributed by atoms with Gasteiger partial charge in [-0.2, -0.15) is 43.9 Å². The van der Waals surface area contributed by atoms with E-state index >= 15 is 0 Å². The van der Waals surface area contributed by atoms with Crippen LogP contribution in [-0.2, 0) is 23.8 Å². The molecular formula is C10H6F10O5. The van der Waals surface area contributed by atoms with Crippen LogP contribution in [0.1, 0.15) is 0 Å². The molecule has 0 aromatic rings. The van der Waals surface area contributed by atoms with Gasteiger partial charge >= 0.3 is 41.8 Å². The van der Waals surface area contributed by atoms with E-state index in [1.165, 1.54) is 0 Å². The lowest BCUT2D eigenvalue weighted by molar-refractivity contribution is -0.415. The zero-order valence-electron chi connectivity index (χ0n) is 11.8. The van der Waals surface area contributed by atoms with Crippen molar-refractivity contribution < 1.29 is 67.7 Å². The summed E-state index contributed by atoms with van der Waals surface area (Å²) in [5.74, 6) is -30.1. The molecule has 0 bridgehead atoms. The van der Waals surface area contributed by atoms with Gasteiger partial charge in [-0.1, -0.05) is 0 Å². The number of carbonyl (C=O) groups is 2. The summed E-state index contributed by atoms with van der Waals surface area (Å²) in [6.45, 7) is 0. The number of alkyl halides is 7. The van der Waals surface area contributed by atoms with E-state index in [0.29, 0.717) is 0 Å². The molecule has 0 N–H and O–H groups in total. The number of rotatable bonds is 7. The van der Waals surface area contributed by atoms with Crippen LogP contribution in [0.5, 0.6) is 0 Å². The van der Waals surface area contributed by atoms with Gasteiger partial charge in [0, 0.05) is 0 Å². The third kappa shape index (κ3) is 3.80. The Labute approximate surface area is 131 Å². The summed E-state index contributed by atoms with van der Waals surface area (Å²) in [5, 5.41) is 0. The van der Waals surface area contributed by atoms with Crippen molar-refractivity contribution in [3.05, 3.63) is 11.9 Å². The molecule has 0 aliphatic rings. The molecule has 0 heterocycles. The van der Waals surface area contributed by atoms with Crippen LogP contribution in [0.25, 0.3) is 0 Å². The summed E-state index contributed by atoms with van der Waals surface area (Å²) in [4.78, 5) is 21.5. The van der Waals surface area contributed by atoms with Crippen LogP contribution < -0.4 is 0 Å². The number of ether oxygens (including phenoxy) is 3. The number of hydrogen-bond acceptors (Lipinski definition) is 5. The molecule has 0 spiro atoms. The van der Waals surface area contributed by atoms with Gasteiger partial charge in [-0.05, 0) is 0 Å². The standard InChI is InChI=1S/C10H6F10O5/c1-23-5(21)7(14,15)10(20,8(16,17)6(22)24-2)25-9(18,19)3(11)4(12)13/h1-2H3. The molecule has 0 aromatic carbocycles. The van der Waals surface area contributed by atoms with E-state index in [4.69, 9.17) is 0 Å². The molecule has 146 valence electrons. The summed E-state index contributed by atoms with van der Waals surface area (Å²) in [7, 11) is 0.125. The largest absolute Gasteiger partial charge is 0.464 e. The summed E-state index contributed by atoms with van der Waals surface area (Å²) in [6.07, 6.45) is -10.4. The molecule has 15 heteroatoms. The molecule has 0 saturated heterocycles. The van der Waals surface area contributed by atoms with Gasteiger partial charge in [0.05, 0.1) is 14.2 Å². The summed E-state index contributed by atoms with van der Waals surface area (Å²) >= 11 is 0. The van der Waals surface area contributed by atoms with E-state index in [0.717, 1.165) is 0 Å². The Morgan fingerprint density at radius 2 is 1.04 bits per heavy atom. The first-order valence-electron chi connectivity index (χ1n) is 5.43. The maximum atomic E-state index is 14.1. The lowest BCUT2D eigenvalue weighted by atomic mass is 10.0. The fourth-order valence-corrected chi connectivity index (χ4v) is 1.18. The van der Waals surface area contributed by atoms with Gasteiger partial charge in [-0.3, -0.25) is 4.74 Å². The third-order valence-electron chi connectivity index (χ3n) is 2.38. The molecule has 0 aliphatic carbocycles. The molecule has 0 amide bonds. The number of esters is 2. The van der Waals surface area contributed by atoms with Crippen LogP contribution in [0.3, 0.4) is 0 Å². The lowest BCUT2D eigenvalue weighted by Crippen LogP contribution is -2.67. The van der Waals surface area contributed by atoms with Crippen molar-refractivity contribution in [2.75, 3.05) is 14.2 Å². The average molecular weight is 396 g/mol. The van der Waals surface area contributed by atoms with Gasteiger partial charge in [0.25, 0.3) is 5.83 Å². The number of methoxy groups -OCH3 is 2. The Kier molecular flexibility index (Phi) is 6.47. The van der Waals surface area contributed by atoms with Crippen molar-refractivity contribution in [2.24, 2.45) is 0 Å². The second-order valence-electron chi connectivity index (χ2n) is 3.92. The Morgan fingerprint density at radius 3 is 1.28 bits per heavy atom. The quantitative estimate of drug-likeness (QED) is 0.489. The Hall–Kier alpha value is -2.06. The van der Waals surface area contributed by atoms with Crippen LogP contribution in [0, 0.1) is 0 Å². The lowest BCUT2D eigenvalue weighted by Gasteiger charge is -2.36. The molecule has 0 aromatic heterocycles. The number of halogens is 10. The molecule has 0 radical (unpaired) electrons.